The first-order valence-corrected chi connectivity index (χ1v) is 11.7. The van der Waals surface area contributed by atoms with Crippen LogP contribution in [0.25, 0.3) is 0 Å². The molecule has 9 heteroatoms. The van der Waals surface area contributed by atoms with Crippen LogP contribution in [0.1, 0.15) is 32.1 Å². The molecule has 0 amide bonds. The Morgan fingerprint density at radius 2 is 1.60 bits per heavy atom. The van der Waals surface area contributed by atoms with Gasteiger partial charge in [0.2, 0.25) is 20.0 Å². The first-order valence-electron chi connectivity index (χ1n) is 8.73. The average molecular weight is 388 g/mol. The van der Waals surface area contributed by atoms with E-state index in [4.69, 9.17) is 0 Å². The molecule has 0 radical (unpaired) electrons. The first kappa shape index (κ1) is 18.8. The maximum absolute atomic E-state index is 12.8. The summed E-state index contributed by atoms with van der Waals surface area (Å²) in [6.45, 7) is 2.53. The summed E-state index contributed by atoms with van der Waals surface area (Å²) in [6, 6.07) is 5.56. The van der Waals surface area contributed by atoms with Gasteiger partial charge in [-0.3, -0.25) is 0 Å². The lowest BCUT2D eigenvalue weighted by Crippen LogP contribution is -2.42. The molecule has 25 heavy (non-hydrogen) atoms. The van der Waals surface area contributed by atoms with E-state index in [9.17, 15) is 16.8 Å². The van der Waals surface area contributed by atoms with E-state index in [-0.39, 0.29) is 15.8 Å². The Bertz CT molecular complexity index is 796. The molecule has 0 saturated carbocycles. The lowest BCUT2D eigenvalue weighted by Gasteiger charge is -2.26. The van der Waals surface area contributed by atoms with Crippen LogP contribution in [-0.2, 0) is 20.0 Å². The molecular formula is C16H25N3O4S2. The molecule has 1 aromatic carbocycles. The lowest BCUT2D eigenvalue weighted by atomic mass is 10.1. The Hall–Kier alpha value is -1.00. The smallest absolute Gasteiger partial charge is 0.243 e. The van der Waals surface area contributed by atoms with E-state index in [1.54, 1.807) is 0 Å². The van der Waals surface area contributed by atoms with Crippen molar-refractivity contribution >= 4 is 20.0 Å². The molecule has 140 valence electrons. The number of hydrogen-bond acceptors (Lipinski definition) is 5. The van der Waals surface area contributed by atoms with Gasteiger partial charge in [0.25, 0.3) is 0 Å². The van der Waals surface area contributed by atoms with Crippen LogP contribution in [-0.4, -0.2) is 53.4 Å². The van der Waals surface area contributed by atoms with E-state index >= 15 is 0 Å². The fraction of sp³-hybridized carbons (Fsp3) is 0.625. The third-order valence-electron chi connectivity index (χ3n) is 4.73. The van der Waals surface area contributed by atoms with E-state index < -0.39 is 20.0 Å². The third kappa shape index (κ3) is 4.40. The van der Waals surface area contributed by atoms with Crippen LogP contribution in [0, 0.1) is 0 Å². The van der Waals surface area contributed by atoms with Crippen LogP contribution in [0.15, 0.2) is 34.1 Å². The van der Waals surface area contributed by atoms with E-state index in [1.165, 1.54) is 28.6 Å². The molecule has 0 unspecified atom stereocenters. The summed E-state index contributed by atoms with van der Waals surface area (Å²) < 4.78 is 54.9. The fourth-order valence-electron chi connectivity index (χ4n) is 3.28. The van der Waals surface area contributed by atoms with Gasteiger partial charge in [0.15, 0.2) is 0 Å². The second-order valence-electron chi connectivity index (χ2n) is 6.59. The summed E-state index contributed by atoms with van der Waals surface area (Å²) in [4.78, 5) is 0.0479. The summed E-state index contributed by atoms with van der Waals surface area (Å²) in [5.41, 5.74) is 0. The number of rotatable bonds is 5. The molecule has 2 saturated heterocycles. The van der Waals surface area contributed by atoms with E-state index in [1.807, 2.05) is 0 Å². The maximum Gasteiger partial charge on any atom is 0.243 e. The Labute approximate surface area is 149 Å². The Kier molecular flexibility index (Phi) is 5.79. The average Bonchev–Trinajstić information content (AvgIpc) is 2.63. The summed E-state index contributed by atoms with van der Waals surface area (Å²) in [6.07, 6.45) is 4.17. The second-order valence-corrected chi connectivity index (χ2v) is 10.2. The van der Waals surface area contributed by atoms with E-state index in [0.717, 1.165) is 45.2 Å². The van der Waals surface area contributed by atoms with Crippen molar-refractivity contribution in [2.24, 2.45) is 0 Å². The predicted molar refractivity (Wildman–Crippen MR) is 95.3 cm³/mol. The summed E-state index contributed by atoms with van der Waals surface area (Å²) >= 11 is 0. The minimum atomic E-state index is -3.73. The standard InChI is InChI=1S/C16H25N3O4S2/c20-24(21,18-14-7-9-17-10-8-14)15-5-4-6-16(13-15)25(22,23)19-11-2-1-3-12-19/h4-6,13-14,17-18H,1-3,7-12H2. The van der Waals surface area contributed by atoms with Crippen molar-refractivity contribution in [3.63, 3.8) is 0 Å². The van der Waals surface area contributed by atoms with Crippen molar-refractivity contribution in [2.75, 3.05) is 26.2 Å². The molecule has 0 atom stereocenters. The zero-order valence-electron chi connectivity index (χ0n) is 14.1. The molecule has 2 heterocycles. The van der Waals surface area contributed by atoms with E-state index in [2.05, 4.69) is 10.0 Å². The number of nitrogens with zero attached hydrogens (tertiary/aromatic N) is 1. The minimum Gasteiger partial charge on any atom is -0.317 e. The summed E-state index contributed by atoms with van der Waals surface area (Å²) in [7, 11) is -7.38. The summed E-state index contributed by atoms with van der Waals surface area (Å²) in [5.74, 6) is 0. The zero-order valence-corrected chi connectivity index (χ0v) is 15.8. The van der Waals surface area contributed by atoms with Crippen LogP contribution < -0.4 is 10.0 Å². The van der Waals surface area contributed by atoms with Crippen molar-refractivity contribution in [2.45, 2.75) is 47.9 Å². The molecule has 2 fully saturated rings. The summed E-state index contributed by atoms with van der Waals surface area (Å²) in [5, 5.41) is 3.19. The van der Waals surface area contributed by atoms with Crippen molar-refractivity contribution in [3.8, 4) is 0 Å². The van der Waals surface area contributed by atoms with Gasteiger partial charge in [-0.2, -0.15) is 4.31 Å². The number of nitrogens with one attached hydrogen (secondary N) is 2. The van der Waals surface area contributed by atoms with Gasteiger partial charge in [-0.25, -0.2) is 21.6 Å². The SMILES string of the molecule is O=S(=O)(NC1CCNCC1)c1cccc(S(=O)(=O)N2CCCCC2)c1. The zero-order chi connectivity index (χ0) is 17.9. The number of benzene rings is 1. The minimum absolute atomic E-state index is 0.00381. The van der Waals surface area contributed by atoms with Gasteiger partial charge in [-0.05, 0) is 57.0 Å². The molecule has 3 rings (SSSR count). The normalized spacial score (nSPS) is 21.3. The fourth-order valence-corrected chi connectivity index (χ4v) is 6.27. The van der Waals surface area contributed by atoms with Gasteiger partial charge in [0, 0.05) is 19.1 Å². The van der Waals surface area contributed by atoms with Crippen LogP contribution in [0.5, 0.6) is 0 Å². The van der Waals surface area contributed by atoms with Crippen LogP contribution in [0.2, 0.25) is 0 Å². The monoisotopic (exact) mass is 387 g/mol. The van der Waals surface area contributed by atoms with Gasteiger partial charge < -0.3 is 5.32 Å². The molecule has 2 aliphatic heterocycles. The van der Waals surface area contributed by atoms with Crippen LogP contribution >= 0.6 is 0 Å². The highest BCUT2D eigenvalue weighted by Gasteiger charge is 2.28. The first-order chi connectivity index (χ1) is 11.9. The van der Waals surface area contributed by atoms with Crippen molar-refractivity contribution in [1.82, 2.24) is 14.3 Å². The molecule has 0 aliphatic carbocycles. The molecule has 0 bridgehead atoms. The Balaban J connectivity index is 1.82. The van der Waals surface area contributed by atoms with Crippen LogP contribution in [0.3, 0.4) is 0 Å². The lowest BCUT2D eigenvalue weighted by molar-refractivity contribution is 0.346. The van der Waals surface area contributed by atoms with Gasteiger partial charge in [-0.15, -0.1) is 0 Å². The highest BCUT2D eigenvalue weighted by molar-refractivity contribution is 7.90. The highest BCUT2D eigenvalue weighted by atomic mass is 32.2. The van der Waals surface area contributed by atoms with Crippen molar-refractivity contribution in [1.29, 1.82) is 0 Å². The van der Waals surface area contributed by atoms with Crippen molar-refractivity contribution < 1.29 is 16.8 Å². The number of hydrogen-bond donors (Lipinski definition) is 2. The number of sulfonamides is 2. The molecule has 0 spiro atoms. The van der Waals surface area contributed by atoms with Gasteiger partial charge >= 0.3 is 0 Å². The largest absolute Gasteiger partial charge is 0.317 e. The van der Waals surface area contributed by atoms with Gasteiger partial charge in [-0.1, -0.05) is 12.5 Å². The number of piperidine rings is 2. The Morgan fingerprint density at radius 3 is 2.28 bits per heavy atom. The van der Waals surface area contributed by atoms with Gasteiger partial charge in [0.1, 0.15) is 0 Å². The van der Waals surface area contributed by atoms with Crippen LogP contribution in [0.4, 0.5) is 0 Å². The molecule has 2 N–H and O–H groups in total. The molecule has 2 aliphatic rings. The Morgan fingerprint density at radius 1 is 0.960 bits per heavy atom. The maximum atomic E-state index is 12.8. The third-order valence-corrected chi connectivity index (χ3v) is 8.14. The van der Waals surface area contributed by atoms with E-state index in [0.29, 0.717) is 13.1 Å². The quantitative estimate of drug-likeness (QED) is 0.782. The van der Waals surface area contributed by atoms with Crippen molar-refractivity contribution in [3.05, 3.63) is 24.3 Å². The molecule has 0 aromatic heterocycles. The molecule has 1 aromatic rings. The molecule has 7 nitrogen and oxygen atoms in total. The molecular weight excluding hydrogens is 362 g/mol. The predicted octanol–water partition coefficient (Wildman–Crippen LogP) is 0.892. The van der Waals surface area contributed by atoms with Gasteiger partial charge in [0.05, 0.1) is 9.79 Å². The second kappa shape index (κ2) is 7.71. The highest BCUT2D eigenvalue weighted by Crippen LogP contribution is 2.23. The topological polar surface area (TPSA) is 95.6 Å².